The maximum atomic E-state index is 5.90. The number of halogens is 1. The van der Waals surface area contributed by atoms with Crippen LogP contribution in [0.25, 0.3) is 0 Å². The van der Waals surface area contributed by atoms with Crippen molar-refractivity contribution in [3.05, 3.63) is 27.8 Å². The van der Waals surface area contributed by atoms with E-state index in [1.165, 1.54) is 0 Å². The van der Waals surface area contributed by atoms with E-state index in [4.69, 9.17) is 9.47 Å². The molecule has 3 heteroatoms. The van der Waals surface area contributed by atoms with E-state index in [1.807, 2.05) is 45.0 Å². The third kappa shape index (κ3) is 4.38. The zero-order valence-electron chi connectivity index (χ0n) is 9.42. The van der Waals surface area contributed by atoms with Crippen molar-refractivity contribution in [1.29, 1.82) is 0 Å². The summed E-state index contributed by atoms with van der Waals surface area (Å²) in [7, 11) is 0. The molecule has 0 bridgehead atoms. The minimum atomic E-state index is -0.280. The molecule has 0 radical (unpaired) electrons. The van der Waals surface area contributed by atoms with Gasteiger partial charge in [-0.2, -0.15) is 0 Å². The van der Waals surface area contributed by atoms with Gasteiger partial charge in [-0.05, 0) is 55.5 Å². The third-order valence-electron chi connectivity index (χ3n) is 1.88. The second kappa shape index (κ2) is 5.70. The highest BCUT2D eigenvalue weighted by atomic mass is 127. The average Bonchev–Trinajstić information content (AvgIpc) is 2.18. The van der Waals surface area contributed by atoms with E-state index in [0.29, 0.717) is 6.61 Å². The highest BCUT2D eigenvalue weighted by Crippen LogP contribution is 2.24. The molecule has 0 saturated heterocycles. The van der Waals surface area contributed by atoms with E-state index in [1.54, 1.807) is 0 Å². The lowest BCUT2D eigenvalue weighted by atomic mass is 10.1. The highest BCUT2D eigenvalue weighted by Gasteiger charge is 2.20. The van der Waals surface area contributed by atoms with Crippen molar-refractivity contribution in [3.8, 4) is 5.75 Å². The molecule has 1 aromatic rings. The van der Waals surface area contributed by atoms with Gasteiger partial charge in [0.1, 0.15) is 11.4 Å². The zero-order valence-corrected chi connectivity index (χ0v) is 11.6. The fourth-order valence-electron chi connectivity index (χ4n) is 1.20. The van der Waals surface area contributed by atoms with Crippen LogP contribution in [0.15, 0.2) is 24.3 Å². The first kappa shape index (κ1) is 12.8. The zero-order chi connectivity index (χ0) is 11.3. The number of hydrogen-bond acceptors (Lipinski definition) is 2. The van der Waals surface area contributed by atoms with Crippen LogP contribution in [0.1, 0.15) is 20.8 Å². The Morgan fingerprint density at radius 2 is 1.93 bits per heavy atom. The third-order valence-corrected chi connectivity index (χ3v) is 2.77. The molecule has 0 N–H and O–H groups in total. The Morgan fingerprint density at radius 3 is 2.53 bits per heavy atom. The molecule has 0 aromatic heterocycles. The fourth-order valence-corrected chi connectivity index (χ4v) is 1.70. The van der Waals surface area contributed by atoms with Gasteiger partial charge in [-0.15, -0.1) is 0 Å². The van der Waals surface area contributed by atoms with Gasteiger partial charge in [0.05, 0.1) is 10.2 Å². The first-order valence-electron chi connectivity index (χ1n) is 5.06. The molecule has 84 valence electrons. The van der Waals surface area contributed by atoms with E-state index in [2.05, 4.69) is 22.6 Å². The molecule has 0 spiro atoms. The van der Waals surface area contributed by atoms with Crippen molar-refractivity contribution in [2.75, 3.05) is 13.2 Å². The Balaban J connectivity index is 2.64. The van der Waals surface area contributed by atoms with Crippen molar-refractivity contribution in [3.63, 3.8) is 0 Å². The molecule has 0 aliphatic heterocycles. The minimum absolute atomic E-state index is 0.280. The fraction of sp³-hybridized carbons (Fsp3) is 0.500. The first-order valence-corrected chi connectivity index (χ1v) is 6.14. The summed E-state index contributed by atoms with van der Waals surface area (Å²) in [6.07, 6.45) is 0. The van der Waals surface area contributed by atoms with Crippen LogP contribution < -0.4 is 4.74 Å². The lowest BCUT2D eigenvalue weighted by Gasteiger charge is -2.26. The van der Waals surface area contributed by atoms with E-state index < -0.39 is 0 Å². The highest BCUT2D eigenvalue weighted by molar-refractivity contribution is 14.1. The molecule has 0 heterocycles. The second-order valence-corrected chi connectivity index (χ2v) is 5.09. The van der Waals surface area contributed by atoms with Gasteiger partial charge in [-0.25, -0.2) is 0 Å². The molecule has 0 aliphatic carbocycles. The van der Waals surface area contributed by atoms with Gasteiger partial charge in [0.25, 0.3) is 0 Å². The monoisotopic (exact) mass is 320 g/mol. The summed E-state index contributed by atoms with van der Waals surface area (Å²) in [5.74, 6) is 0.919. The number of para-hydroxylation sites is 1. The maximum Gasteiger partial charge on any atom is 0.133 e. The predicted octanol–water partition coefficient (Wildman–Crippen LogP) is 3.49. The van der Waals surface area contributed by atoms with Crippen molar-refractivity contribution < 1.29 is 9.47 Å². The van der Waals surface area contributed by atoms with Crippen LogP contribution >= 0.6 is 22.6 Å². The van der Waals surface area contributed by atoms with Crippen LogP contribution in [0.5, 0.6) is 5.75 Å². The van der Waals surface area contributed by atoms with Gasteiger partial charge >= 0.3 is 0 Å². The van der Waals surface area contributed by atoms with Crippen LogP contribution in [0.3, 0.4) is 0 Å². The number of benzene rings is 1. The molecule has 0 saturated carbocycles. The molecule has 0 aliphatic rings. The molecule has 0 amide bonds. The van der Waals surface area contributed by atoms with Crippen molar-refractivity contribution in [2.24, 2.45) is 0 Å². The van der Waals surface area contributed by atoms with Gasteiger partial charge in [0.2, 0.25) is 0 Å². The average molecular weight is 320 g/mol. The van der Waals surface area contributed by atoms with Crippen LogP contribution in [-0.4, -0.2) is 18.8 Å². The summed E-state index contributed by atoms with van der Waals surface area (Å²) < 4.78 is 12.4. The maximum absolute atomic E-state index is 5.90. The van der Waals surface area contributed by atoms with Crippen LogP contribution in [0.4, 0.5) is 0 Å². The molecule has 1 aromatic carbocycles. The molecular formula is C12H17IO2. The standard InChI is InChI=1S/C12H17IO2/c1-4-14-9-12(2,3)15-11-8-6-5-7-10(11)13/h5-8H,4,9H2,1-3H3. The molecule has 1 rings (SSSR count). The van der Waals surface area contributed by atoms with Crippen LogP contribution in [0, 0.1) is 3.57 Å². The van der Waals surface area contributed by atoms with E-state index in [9.17, 15) is 0 Å². The van der Waals surface area contributed by atoms with Crippen molar-refractivity contribution >= 4 is 22.6 Å². The molecule has 0 atom stereocenters. The Bertz CT molecular complexity index is 310. The van der Waals surface area contributed by atoms with Crippen LogP contribution in [0.2, 0.25) is 0 Å². The van der Waals surface area contributed by atoms with Crippen molar-refractivity contribution in [1.82, 2.24) is 0 Å². The SMILES string of the molecule is CCOCC(C)(C)Oc1ccccc1I. The number of rotatable bonds is 5. The molecular weight excluding hydrogens is 303 g/mol. The van der Waals surface area contributed by atoms with Gasteiger partial charge in [0.15, 0.2) is 0 Å². The summed E-state index contributed by atoms with van der Waals surface area (Å²) >= 11 is 2.27. The van der Waals surface area contributed by atoms with E-state index in [0.717, 1.165) is 15.9 Å². The van der Waals surface area contributed by atoms with Gasteiger partial charge in [0, 0.05) is 6.61 Å². The Labute approximate surface area is 105 Å². The number of hydrogen-bond donors (Lipinski definition) is 0. The second-order valence-electron chi connectivity index (χ2n) is 3.93. The van der Waals surface area contributed by atoms with Gasteiger partial charge in [-0.1, -0.05) is 12.1 Å². The molecule has 0 fully saturated rings. The summed E-state index contributed by atoms with van der Waals surface area (Å²) in [4.78, 5) is 0. The Hall–Kier alpha value is -0.290. The predicted molar refractivity (Wildman–Crippen MR) is 70.4 cm³/mol. The van der Waals surface area contributed by atoms with E-state index >= 15 is 0 Å². The summed E-state index contributed by atoms with van der Waals surface area (Å²) in [5, 5.41) is 0. The quantitative estimate of drug-likeness (QED) is 0.773. The summed E-state index contributed by atoms with van der Waals surface area (Å²) in [6, 6.07) is 8.00. The summed E-state index contributed by atoms with van der Waals surface area (Å²) in [6.45, 7) is 7.38. The molecule has 15 heavy (non-hydrogen) atoms. The Kier molecular flexibility index (Phi) is 4.86. The smallest absolute Gasteiger partial charge is 0.133 e. The largest absolute Gasteiger partial charge is 0.484 e. The van der Waals surface area contributed by atoms with Gasteiger partial charge < -0.3 is 9.47 Å². The lowest BCUT2D eigenvalue weighted by molar-refractivity contribution is 0.000624. The topological polar surface area (TPSA) is 18.5 Å². The molecule has 2 nitrogen and oxygen atoms in total. The van der Waals surface area contributed by atoms with Gasteiger partial charge in [-0.3, -0.25) is 0 Å². The normalized spacial score (nSPS) is 11.5. The van der Waals surface area contributed by atoms with E-state index in [-0.39, 0.29) is 5.60 Å². The number of ether oxygens (including phenoxy) is 2. The molecule has 0 unspecified atom stereocenters. The van der Waals surface area contributed by atoms with Crippen molar-refractivity contribution in [2.45, 2.75) is 26.4 Å². The first-order chi connectivity index (χ1) is 7.05. The van der Waals surface area contributed by atoms with Crippen LogP contribution in [-0.2, 0) is 4.74 Å². The summed E-state index contributed by atoms with van der Waals surface area (Å²) in [5.41, 5.74) is -0.280. The Morgan fingerprint density at radius 1 is 1.27 bits per heavy atom. The minimum Gasteiger partial charge on any atom is -0.484 e. The lowest BCUT2D eigenvalue weighted by Crippen LogP contribution is -2.34.